The molecule has 0 saturated heterocycles. The van der Waals surface area contributed by atoms with Crippen molar-refractivity contribution in [2.75, 3.05) is 14.1 Å². The van der Waals surface area contributed by atoms with Crippen molar-refractivity contribution in [3.8, 4) is 0 Å². The van der Waals surface area contributed by atoms with Crippen molar-refractivity contribution < 1.29 is 0 Å². The number of aromatic nitrogens is 1. The topological polar surface area (TPSA) is 16.1 Å². The Kier molecular flexibility index (Phi) is 4.22. The van der Waals surface area contributed by atoms with Gasteiger partial charge in [0, 0.05) is 17.2 Å². The van der Waals surface area contributed by atoms with Crippen LogP contribution in [0.3, 0.4) is 0 Å². The summed E-state index contributed by atoms with van der Waals surface area (Å²) in [6, 6.07) is 0. The molecule has 0 saturated carbocycles. The quantitative estimate of drug-likeness (QED) is 0.777. The summed E-state index contributed by atoms with van der Waals surface area (Å²) in [7, 11) is 4.13. The molecular formula is C9H16N2S2. The molecule has 0 unspecified atom stereocenters. The predicted molar refractivity (Wildman–Crippen MR) is 61.6 cm³/mol. The smallest absolute Gasteiger partial charge is 0.107 e. The number of hydrogen-bond donors (Lipinski definition) is 1. The monoisotopic (exact) mass is 216 g/mol. The van der Waals surface area contributed by atoms with Crippen LogP contribution >= 0.6 is 24.0 Å². The first-order valence-electron chi connectivity index (χ1n) is 4.40. The summed E-state index contributed by atoms with van der Waals surface area (Å²) < 4.78 is 0. The van der Waals surface area contributed by atoms with Crippen LogP contribution in [0.2, 0.25) is 0 Å². The standard InChI is InChI=1S/C9H16N2S2/c1-4-7-8(6-12)13-9(10-7)5-11(2)3/h12H,4-6H2,1-3H3. The van der Waals surface area contributed by atoms with Crippen LogP contribution in [0.5, 0.6) is 0 Å². The lowest BCUT2D eigenvalue weighted by Crippen LogP contribution is -2.10. The molecule has 0 spiro atoms. The van der Waals surface area contributed by atoms with Gasteiger partial charge in [-0.05, 0) is 20.5 Å². The fraction of sp³-hybridized carbons (Fsp3) is 0.667. The van der Waals surface area contributed by atoms with E-state index in [4.69, 9.17) is 0 Å². The Labute approximate surface area is 89.4 Å². The molecule has 0 atom stereocenters. The van der Waals surface area contributed by atoms with Crippen molar-refractivity contribution in [3.05, 3.63) is 15.6 Å². The number of rotatable bonds is 4. The van der Waals surface area contributed by atoms with Crippen LogP contribution in [0.15, 0.2) is 0 Å². The number of hydrogen-bond acceptors (Lipinski definition) is 4. The molecule has 1 heterocycles. The molecule has 1 aromatic rings. The first-order chi connectivity index (χ1) is 6.17. The lowest BCUT2D eigenvalue weighted by molar-refractivity contribution is 0.401. The molecule has 0 radical (unpaired) electrons. The zero-order valence-electron chi connectivity index (χ0n) is 8.37. The van der Waals surface area contributed by atoms with Gasteiger partial charge in [0.05, 0.1) is 5.69 Å². The van der Waals surface area contributed by atoms with E-state index in [1.165, 1.54) is 15.6 Å². The maximum absolute atomic E-state index is 4.57. The first kappa shape index (κ1) is 11.0. The van der Waals surface area contributed by atoms with Gasteiger partial charge in [-0.3, -0.25) is 0 Å². The third-order valence-corrected chi connectivity index (χ3v) is 3.37. The minimum Gasteiger partial charge on any atom is -0.303 e. The van der Waals surface area contributed by atoms with Crippen molar-refractivity contribution in [2.24, 2.45) is 0 Å². The van der Waals surface area contributed by atoms with Gasteiger partial charge < -0.3 is 4.90 Å². The van der Waals surface area contributed by atoms with Gasteiger partial charge in [-0.25, -0.2) is 4.98 Å². The van der Waals surface area contributed by atoms with Crippen molar-refractivity contribution in [2.45, 2.75) is 25.6 Å². The van der Waals surface area contributed by atoms with Crippen LogP contribution < -0.4 is 0 Å². The second kappa shape index (κ2) is 4.98. The molecule has 0 aliphatic heterocycles. The zero-order chi connectivity index (χ0) is 9.84. The largest absolute Gasteiger partial charge is 0.303 e. The van der Waals surface area contributed by atoms with Crippen LogP contribution in [-0.2, 0) is 18.7 Å². The van der Waals surface area contributed by atoms with Gasteiger partial charge in [0.25, 0.3) is 0 Å². The Morgan fingerprint density at radius 1 is 1.46 bits per heavy atom. The maximum Gasteiger partial charge on any atom is 0.107 e. The van der Waals surface area contributed by atoms with Crippen molar-refractivity contribution in [1.29, 1.82) is 0 Å². The van der Waals surface area contributed by atoms with E-state index in [1.54, 1.807) is 11.3 Å². The molecule has 13 heavy (non-hydrogen) atoms. The Bertz CT molecular complexity index is 247. The van der Waals surface area contributed by atoms with E-state index in [0.717, 1.165) is 18.7 Å². The summed E-state index contributed by atoms with van der Waals surface area (Å²) in [5, 5.41) is 1.20. The second-order valence-electron chi connectivity index (χ2n) is 3.23. The van der Waals surface area contributed by atoms with Gasteiger partial charge in [0.15, 0.2) is 0 Å². The normalized spacial score (nSPS) is 11.2. The molecule has 0 amide bonds. The molecule has 1 aromatic heterocycles. The van der Waals surface area contributed by atoms with Crippen molar-refractivity contribution >= 4 is 24.0 Å². The lowest BCUT2D eigenvalue weighted by atomic mass is 10.3. The van der Waals surface area contributed by atoms with Crippen LogP contribution in [0.25, 0.3) is 0 Å². The highest BCUT2D eigenvalue weighted by molar-refractivity contribution is 7.79. The van der Waals surface area contributed by atoms with E-state index in [0.29, 0.717) is 0 Å². The molecule has 2 nitrogen and oxygen atoms in total. The van der Waals surface area contributed by atoms with E-state index in [9.17, 15) is 0 Å². The minimum absolute atomic E-state index is 0.814. The molecule has 0 aliphatic carbocycles. The summed E-state index contributed by atoms with van der Waals surface area (Å²) >= 11 is 6.08. The number of aryl methyl sites for hydroxylation is 1. The SMILES string of the molecule is CCc1nc(CN(C)C)sc1CS. The Morgan fingerprint density at radius 2 is 2.15 bits per heavy atom. The second-order valence-corrected chi connectivity index (χ2v) is 4.71. The van der Waals surface area contributed by atoms with Crippen LogP contribution in [-0.4, -0.2) is 24.0 Å². The Balaban J connectivity index is 2.80. The molecule has 0 aliphatic rings. The first-order valence-corrected chi connectivity index (χ1v) is 5.85. The molecule has 0 N–H and O–H groups in total. The summed E-state index contributed by atoms with van der Waals surface area (Å²) in [4.78, 5) is 8.03. The van der Waals surface area contributed by atoms with E-state index in [1.807, 2.05) is 0 Å². The van der Waals surface area contributed by atoms with Gasteiger partial charge in [0.1, 0.15) is 5.01 Å². The molecule has 0 bridgehead atoms. The zero-order valence-corrected chi connectivity index (χ0v) is 10.1. The van der Waals surface area contributed by atoms with Crippen LogP contribution in [0, 0.1) is 0 Å². The molecular weight excluding hydrogens is 200 g/mol. The molecule has 74 valence electrons. The molecule has 0 aromatic carbocycles. The van der Waals surface area contributed by atoms with Gasteiger partial charge in [-0.15, -0.1) is 11.3 Å². The minimum atomic E-state index is 0.814. The molecule has 1 rings (SSSR count). The fourth-order valence-electron chi connectivity index (χ4n) is 1.17. The highest BCUT2D eigenvalue weighted by atomic mass is 32.1. The summed E-state index contributed by atoms with van der Waals surface area (Å²) in [6.07, 6.45) is 1.01. The van der Waals surface area contributed by atoms with Gasteiger partial charge in [-0.1, -0.05) is 6.92 Å². The average Bonchev–Trinajstić information content (AvgIpc) is 2.45. The number of thiol groups is 1. The highest BCUT2D eigenvalue weighted by Gasteiger charge is 2.08. The third kappa shape index (κ3) is 2.97. The molecule has 4 heteroatoms. The highest BCUT2D eigenvalue weighted by Crippen LogP contribution is 2.21. The van der Waals surface area contributed by atoms with E-state index in [2.05, 4.69) is 43.5 Å². The Morgan fingerprint density at radius 3 is 2.54 bits per heavy atom. The van der Waals surface area contributed by atoms with E-state index < -0.39 is 0 Å². The lowest BCUT2D eigenvalue weighted by Gasteiger charge is -2.04. The molecule has 0 fully saturated rings. The van der Waals surface area contributed by atoms with E-state index >= 15 is 0 Å². The number of nitrogens with zero attached hydrogens (tertiary/aromatic N) is 2. The van der Waals surface area contributed by atoms with Gasteiger partial charge >= 0.3 is 0 Å². The van der Waals surface area contributed by atoms with Gasteiger partial charge in [0.2, 0.25) is 0 Å². The van der Waals surface area contributed by atoms with E-state index in [-0.39, 0.29) is 0 Å². The summed E-state index contributed by atoms with van der Waals surface area (Å²) in [6.45, 7) is 3.08. The predicted octanol–water partition coefficient (Wildman–Crippen LogP) is 2.20. The van der Waals surface area contributed by atoms with Crippen LogP contribution in [0.4, 0.5) is 0 Å². The Hall–Kier alpha value is -0.0600. The maximum atomic E-state index is 4.57. The number of thiazole rings is 1. The average molecular weight is 216 g/mol. The summed E-state index contributed by atoms with van der Waals surface area (Å²) in [5.74, 6) is 0.814. The van der Waals surface area contributed by atoms with Crippen molar-refractivity contribution in [3.63, 3.8) is 0 Å². The third-order valence-electron chi connectivity index (χ3n) is 1.75. The van der Waals surface area contributed by atoms with Crippen LogP contribution in [0.1, 0.15) is 22.5 Å². The van der Waals surface area contributed by atoms with Gasteiger partial charge in [-0.2, -0.15) is 12.6 Å². The fourth-order valence-corrected chi connectivity index (χ4v) is 2.69. The van der Waals surface area contributed by atoms with Crippen molar-refractivity contribution in [1.82, 2.24) is 9.88 Å². The summed E-state index contributed by atoms with van der Waals surface area (Å²) in [5.41, 5.74) is 1.22.